The minimum Gasteiger partial charge on any atom is -0.495 e. The Morgan fingerprint density at radius 2 is 1.82 bits per heavy atom. The summed E-state index contributed by atoms with van der Waals surface area (Å²) >= 11 is 0. The lowest BCUT2D eigenvalue weighted by molar-refractivity contribution is -0.134. The number of amides is 4. The standard InChI is InChI=1S/C26H33N3O4/c1-6-7-15-26(18-11-9-8-10-12-18)23(31)29(24(32)28-26)17-22(30)27-20-16-19(25(2,3)4)13-14-21(20)33-5/h8-14,16H,6-7,15,17H2,1-5H3,(H,27,30)(H,28,32). The molecule has 0 aliphatic carbocycles. The van der Waals surface area contributed by atoms with Gasteiger partial charge in [-0.05, 0) is 35.1 Å². The zero-order valence-corrected chi connectivity index (χ0v) is 20.0. The first-order valence-corrected chi connectivity index (χ1v) is 11.3. The molecule has 33 heavy (non-hydrogen) atoms. The number of hydrogen-bond acceptors (Lipinski definition) is 4. The van der Waals surface area contributed by atoms with Gasteiger partial charge in [0, 0.05) is 0 Å². The number of rotatable bonds is 8. The van der Waals surface area contributed by atoms with Crippen LogP contribution in [0, 0.1) is 0 Å². The fourth-order valence-corrected chi connectivity index (χ4v) is 4.05. The van der Waals surface area contributed by atoms with Crippen LogP contribution in [0.15, 0.2) is 48.5 Å². The smallest absolute Gasteiger partial charge is 0.325 e. The Hall–Kier alpha value is -3.35. The predicted molar refractivity (Wildman–Crippen MR) is 128 cm³/mol. The van der Waals surface area contributed by atoms with E-state index in [-0.39, 0.29) is 12.0 Å². The average molecular weight is 452 g/mol. The third kappa shape index (κ3) is 5.02. The lowest BCUT2D eigenvalue weighted by Crippen LogP contribution is -2.44. The summed E-state index contributed by atoms with van der Waals surface area (Å²) in [5, 5.41) is 5.69. The van der Waals surface area contributed by atoms with Crippen molar-refractivity contribution < 1.29 is 19.1 Å². The minimum atomic E-state index is -1.15. The molecule has 2 N–H and O–H groups in total. The molecule has 0 saturated carbocycles. The number of urea groups is 1. The summed E-state index contributed by atoms with van der Waals surface area (Å²) in [4.78, 5) is 40.2. The summed E-state index contributed by atoms with van der Waals surface area (Å²) < 4.78 is 5.39. The molecule has 2 aromatic rings. The molecule has 0 radical (unpaired) electrons. The van der Waals surface area contributed by atoms with Crippen molar-refractivity contribution in [2.24, 2.45) is 0 Å². The highest BCUT2D eigenvalue weighted by molar-refractivity contribution is 6.10. The molecule has 1 aliphatic heterocycles. The van der Waals surface area contributed by atoms with E-state index in [9.17, 15) is 14.4 Å². The first-order valence-electron chi connectivity index (χ1n) is 11.3. The third-order valence-electron chi connectivity index (χ3n) is 5.99. The fourth-order valence-electron chi connectivity index (χ4n) is 4.05. The summed E-state index contributed by atoms with van der Waals surface area (Å²) in [5.74, 6) is -0.366. The first kappa shape index (κ1) is 24.3. The molecular formula is C26H33N3O4. The molecule has 0 spiro atoms. The Kier molecular flexibility index (Phi) is 7.10. The highest BCUT2D eigenvalue weighted by atomic mass is 16.5. The Morgan fingerprint density at radius 3 is 2.42 bits per heavy atom. The van der Waals surface area contributed by atoms with Gasteiger partial charge in [-0.1, -0.05) is 76.9 Å². The molecule has 7 nitrogen and oxygen atoms in total. The van der Waals surface area contributed by atoms with Crippen molar-refractivity contribution in [2.45, 2.75) is 57.9 Å². The van der Waals surface area contributed by atoms with E-state index in [2.05, 4.69) is 31.4 Å². The number of carbonyl (C=O) groups excluding carboxylic acids is 3. The second-order valence-electron chi connectivity index (χ2n) is 9.41. The number of methoxy groups -OCH3 is 1. The van der Waals surface area contributed by atoms with Crippen LogP contribution in [0.25, 0.3) is 0 Å². The van der Waals surface area contributed by atoms with Crippen LogP contribution in [0.4, 0.5) is 10.5 Å². The van der Waals surface area contributed by atoms with E-state index < -0.39 is 23.4 Å². The van der Waals surface area contributed by atoms with Crippen LogP contribution in [0.3, 0.4) is 0 Å². The Morgan fingerprint density at radius 1 is 1.12 bits per heavy atom. The highest BCUT2D eigenvalue weighted by Gasteiger charge is 2.52. The summed E-state index contributed by atoms with van der Waals surface area (Å²) in [5.41, 5.74) is 0.974. The second kappa shape index (κ2) is 9.65. The average Bonchev–Trinajstić information content (AvgIpc) is 3.02. The largest absolute Gasteiger partial charge is 0.495 e. The normalized spacial score (nSPS) is 18.3. The van der Waals surface area contributed by atoms with E-state index in [0.29, 0.717) is 17.9 Å². The highest BCUT2D eigenvalue weighted by Crippen LogP contribution is 2.35. The molecule has 1 aliphatic rings. The van der Waals surface area contributed by atoms with Crippen molar-refractivity contribution in [1.82, 2.24) is 10.2 Å². The van der Waals surface area contributed by atoms with Crippen molar-refractivity contribution in [3.63, 3.8) is 0 Å². The van der Waals surface area contributed by atoms with Crippen molar-refractivity contribution in [3.05, 3.63) is 59.7 Å². The quantitative estimate of drug-likeness (QED) is 0.576. The summed E-state index contributed by atoms with van der Waals surface area (Å²) in [6.45, 7) is 7.88. The molecule has 0 bridgehead atoms. The van der Waals surface area contributed by atoms with Crippen LogP contribution in [0.1, 0.15) is 58.1 Å². The Bertz CT molecular complexity index is 1030. The number of nitrogens with one attached hydrogen (secondary N) is 2. The number of carbonyl (C=O) groups is 3. The maximum absolute atomic E-state index is 13.5. The molecule has 1 fully saturated rings. The van der Waals surface area contributed by atoms with E-state index in [4.69, 9.17) is 4.74 Å². The zero-order chi connectivity index (χ0) is 24.2. The fraction of sp³-hybridized carbons (Fsp3) is 0.423. The first-order chi connectivity index (χ1) is 15.6. The molecule has 3 rings (SSSR count). The monoisotopic (exact) mass is 451 g/mol. The second-order valence-corrected chi connectivity index (χ2v) is 9.41. The molecule has 2 aromatic carbocycles. The summed E-state index contributed by atoms with van der Waals surface area (Å²) in [7, 11) is 1.53. The number of ether oxygens (including phenoxy) is 1. The van der Waals surface area contributed by atoms with Crippen molar-refractivity contribution >= 4 is 23.5 Å². The molecule has 7 heteroatoms. The van der Waals surface area contributed by atoms with E-state index >= 15 is 0 Å². The van der Waals surface area contributed by atoms with Crippen molar-refractivity contribution in [1.29, 1.82) is 0 Å². The third-order valence-corrected chi connectivity index (χ3v) is 5.99. The maximum atomic E-state index is 13.5. The maximum Gasteiger partial charge on any atom is 0.325 e. The molecule has 1 atom stereocenters. The SMILES string of the molecule is CCCCC1(c2ccccc2)NC(=O)N(CC(=O)Nc2cc(C(C)(C)C)ccc2OC)C1=O. The van der Waals surface area contributed by atoms with Gasteiger partial charge in [-0.15, -0.1) is 0 Å². The van der Waals surface area contributed by atoms with E-state index in [1.807, 2.05) is 49.4 Å². The van der Waals surface area contributed by atoms with Gasteiger partial charge >= 0.3 is 6.03 Å². The van der Waals surface area contributed by atoms with Gasteiger partial charge in [0.05, 0.1) is 12.8 Å². The van der Waals surface area contributed by atoms with Gasteiger partial charge in [0.1, 0.15) is 17.8 Å². The Balaban J connectivity index is 1.83. The number of anilines is 1. The van der Waals surface area contributed by atoms with Gasteiger partial charge in [-0.2, -0.15) is 0 Å². The lowest BCUT2D eigenvalue weighted by atomic mass is 9.85. The predicted octanol–water partition coefficient (Wildman–Crippen LogP) is 4.57. The van der Waals surface area contributed by atoms with Gasteiger partial charge in [-0.25, -0.2) is 4.79 Å². The molecule has 176 valence electrons. The molecule has 1 saturated heterocycles. The molecule has 1 heterocycles. The Labute approximate surface area is 195 Å². The molecule has 4 amide bonds. The number of unbranched alkanes of at least 4 members (excludes halogenated alkanes) is 1. The van der Waals surface area contributed by atoms with Crippen LogP contribution >= 0.6 is 0 Å². The number of imide groups is 1. The van der Waals surface area contributed by atoms with Gasteiger partial charge in [0.2, 0.25) is 5.91 Å². The molecule has 1 unspecified atom stereocenters. The topological polar surface area (TPSA) is 87.7 Å². The van der Waals surface area contributed by atoms with Gasteiger partial charge in [0.25, 0.3) is 5.91 Å². The minimum absolute atomic E-state index is 0.120. The van der Waals surface area contributed by atoms with Crippen LogP contribution < -0.4 is 15.4 Å². The molecule has 0 aromatic heterocycles. The van der Waals surface area contributed by atoms with E-state index in [1.165, 1.54) is 7.11 Å². The zero-order valence-electron chi connectivity index (χ0n) is 20.0. The van der Waals surface area contributed by atoms with Gasteiger partial charge in [0.15, 0.2) is 0 Å². The lowest BCUT2D eigenvalue weighted by Gasteiger charge is -2.27. The van der Waals surface area contributed by atoms with Crippen LogP contribution in [-0.4, -0.2) is 36.4 Å². The van der Waals surface area contributed by atoms with Crippen molar-refractivity contribution in [2.75, 3.05) is 19.0 Å². The van der Waals surface area contributed by atoms with Gasteiger partial charge < -0.3 is 15.4 Å². The van der Waals surface area contributed by atoms with Crippen LogP contribution in [-0.2, 0) is 20.5 Å². The summed E-state index contributed by atoms with van der Waals surface area (Å²) in [6, 6.07) is 14.3. The molecular weight excluding hydrogens is 418 g/mol. The number of benzene rings is 2. The van der Waals surface area contributed by atoms with E-state index in [0.717, 1.165) is 28.9 Å². The number of hydrogen-bond donors (Lipinski definition) is 2. The van der Waals surface area contributed by atoms with Gasteiger partial charge in [-0.3, -0.25) is 14.5 Å². The van der Waals surface area contributed by atoms with E-state index in [1.54, 1.807) is 6.07 Å². The van der Waals surface area contributed by atoms with Crippen LogP contribution in [0.2, 0.25) is 0 Å². The number of nitrogens with zero attached hydrogens (tertiary/aromatic N) is 1. The van der Waals surface area contributed by atoms with Crippen LogP contribution in [0.5, 0.6) is 5.75 Å². The van der Waals surface area contributed by atoms with Crippen molar-refractivity contribution in [3.8, 4) is 5.75 Å². The summed E-state index contributed by atoms with van der Waals surface area (Å²) in [6.07, 6.45) is 2.11.